The summed E-state index contributed by atoms with van der Waals surface area (Å²) in [7, 11) is 0. The maximum absolute atomic E-state index is 12.3. The van der Waals surface area contributed by atoms with Gasteiger partial charge in [0.05, 0.1) is 19.1 Å². The quantitative estimate of drug-likeness (QED) is 0.831. The number of ether oxygens (including phenoxy) is 1. The van der Waals surface area contributed by atoms with Crippen molar-refractivity contribution in [1.82, 2.24) is 9.80 Å². The third-order valence-electron chi connectivity index (χ3n) is 4.42. The average molecular weight is 302 g/mol. The molecule has 2 aliphatic rings. The summed E-state index contributed by atoms with van der Waals surface area (Å²) >= 11 is 0. The number of amides is 2. The van der Waals surface area contributed by atoms with Gasteiger partial charge in [-0.05, 0) is 18.4 Å². The third kappa shape index (κ3) is 3.47. The molecule has 0 spiro atoms. The summed E-state index contributed by atoms with van der Waals surface area (Å²) in [5.41, 5.74) is 1.23. The van der Waals surface area contributed by atoms with Crippen molar-refractivity contribution in [1.29, 1.82) is 0 Å². The zero-order chi connectivity index (χ0) is 15.4. The highest BCUT2D eigenvalue weighted by molar-refractivity contribution is 5.87. The summed E-state index contributed by atoms with van der Waals surface area (Å²) in [6.07, 6.45) is 1.64. The minimum atomic E-state index is -0.0522. The molecule has 0 saturated carbocycles. The van der Waals surface area contributed by atoms with E-state index < -0.39 is 0 Å². The molecule has 22 heavy (non-hydrogen) atoms. The first-order valence-corrected chi connectivity index (χ1v) is 7.92. The molecule has 3 rings (SSSR count). The van der Waals surface area contributed by atoms with Crippen molar-refractivity contribution in [3.8, 4) is 0 Å². The highest BCUT2D eigenvalue weighted by Gasteiger charge is 2.32. The number of hydrogen-bond acceptors (Lipinski definition) is 3. The van der Waals surface area contributed by atoms with Crippen LogP contribution in [0.15, 0.2) is 30.3 Å². The number of carbonyl (C=O) groups excluding carboxylic acids is 2. The zero-order valence-corrected chi connectivity index (χ0v) is 12.7. The first kappa shape index (κ1) is 15.0. The zero-order valence-electron chi connectivity index (χ0n) is 12.7. The lowest BCUT2D eigenvalue weighted by Gasteiger charge is -2.35. The van der Waals surface area contributed by atoms with E-state index in [1.165, 1.54) is 5.56 Å². The molecule has 1 atom stereocenters. The second kappa shape index (κ2) is 6.92. The second-order valence-corrected chi connectivity index (χ2v) is 5.94. The van der Waals surface area contributed by atoms with Crippen LogP contribution in [0, 0.1) is 5.92 Å². The van der Waals surface area contributed by atoms with Crippen molar-refractivity contribution in [3.63, 3.8) is 0 Å². The van der Waals surface area contributed by atoms with E-state index in [1.807, 2.05) is 23.1 Å². The van der Waals surface area contributed by atoms with Crippen LogP contribution in [0.1, 0.15) is 12.0 Å². The molecule has 118 valence electrons. The Bertz CT molecular complexity index is 526. The van der Waals surface area contributed by atoms with Gasteiger partial charge >= 0.3 is 0 Å². The normalized spacial score (nSPS) is 22.2. The van der Waals surface area contributed by atoms with Crippen molar-refractivity contribution in [2.45, 2.75) is 12.8 Å². The summed E-state index contributed by atoms with van der Waals surface area (Å²) in [5, 5.41) is 0. The van der Waals surface area contributed by atoms with Crippen LogP contribution in [0.3, 0.4) is 0 Å². The monoisotopic (exact) mass is 302 g/mol. The molecule has 2 amide bonds. The number of rotatable bonds is 4. The Balaban J connectivity index is 1.49. The molecule has 5 nitrogen and oxygen atoms in total. The standard InChI is InChI=1S/C17H22N2O3/c20-16-12-19(17(21)15-7-11-22-13-15)10-9-18(16)8-6-14-4-2-1-3-5-14/h1-5,15H,6-13H2/t15-/m0/s1. The van der Waals surface area contributed by atoms with Gasteiger partial charge in [0.15, 0.2) is 0 Å². The highest BCUT2D eigenvalue weighted by Crippen LogP contribution is 2.17. The maximum atomic E-state index is 12.3. The van der Waals surface area contributed by atoms with E-state index in [-0.39, 0.29) is 24.3 Å². The van der Waals surface area contributed by atoms with Gasteiger partial charge in [0, 0.05) is 26.2 Å². The molecule has 0 bridgehead atoms. The Labute approximate surface area is 130 Å². The summed E-state index contributed by atoms with van der Waals surface area (Å²) in [6.45, 7) is 3.35. The van der Waals surface area contributed by atoms with Crippen LogP contribution in [0.25, 0.3) is 0 Å². The van der Waals surface area contributed by atoms with Crippen molar-refractivity contribution >= 4 is 11.8 Å². The van der Waals surface area contributed by atoms with E-state index in [0.717, 1.165) is 19.4 Å². The number of benzene rings is 1. The Morgan fingerprint density at radius 2 is 2.05 bits per heavy atom. The molecule has 2 saturated heterocycles. The van der Waals surface area contributed by atoms with Crippen molar-refractivity contribution < 1.29 is 14.3 Å². The first-order chi connectivity index (χ1) is 10.7. The molecule has 5 heteroatoms. The SMILES string of the molecule is O=C1CN(C(=O)[C@H]2CCOC2)CCN1CCc1ccccc1. The summed E-state index contributed by atoms with van der Waals surface area (Å²) in [6, 6.07) is 10.2. The van der Waals surface area contributed by atoms with Crippen LogP contribution in [0.5, 0.6) is 0 Å². The predicted molar refractivity (Wildman–Crippen MR) is 82.2 cm³/mol. The lowest BCUT2D eigenvalue weighted by Crippen LogP contribution is -2.53. The van der Waals surface area contributed by atoms with Crippen molar-refractivity contribution in [2.24, 2.45) is 5.92 Å². The van der Waals surface area contributed by atoms with Gasteiger partial charge in [-0.3, -0.25) is 9.59 Å². The number of carbonyl (C=O) groups is 2. The number of hydrogen-bond donors (Lipinski definition) is 0. The molecule has 2 fully saturated rings. The van der Waals surface area contributed by atoms with Crippen LogP contribution < -0.4 is 0 Å². The molecule has 2 heterocycles. The summed E-state index contributed by atoms with van der Waals surface area (Å²) in [4.78, 5) is 28.1. The van der Waals surface area contributed by atoms with E-state index in [4.69, 9.17) is 4.74 Å². The molecule has 1 aromatic rings. The van der Waals surface area contributed by atoms with Crippen LogP contribution in [0.2, 0.25) is 0 Å². The lowest BCUT2D eigenvalue weighted by atomic mass is 10.1. The first-order valence-electron chi connectivity index (χ1n) is 7.92. The molecule has 0 aromatic heterocycles. The molecule has 0 N–H and O–H groups in total. The maximum Gasteiger partial charge on any atom is 0.242 e. The molecule has 1 aromatic carbocycles. The smallest absolute Gasteiger partial charge is 0.242 e. The fourth-order valence-corrected chi connectivity index (χ4v) is 3.03. The van der Waals surface area contributed by atoms with Gasteiger partial charge < -0.3 is 14.5 Å². The highest BCUT2D eigenvalue weighted by atomic mass is 16.5. The molecule has 2 aliphatic heterocycles. The fourth-order valence-electron chi connectivity index (χ4n) is 3.03. The number of piperazine rings is 1. The van der Waals surface area contributed by atoms with Crippen molar-refractivity contribution in [2.75, 3.05) is 39.4 Å². The molecule has 0 unspecified atom stereocenters. The number of nitrogens with zero attached hydrogens (tertiary/aromatic N) is 2. The van der Waals surface area contributed by atoms with E-state index >= 15 is 0 Å². The average Bonchev–Trinajstić information content (AvgIpc) is 3.08. The Morgan fingerprint density at radius 3 is 2.73 bits per heavy atom. The molecule has 0 radical (unpaired) electrons. The minimum Gasteiger partial charge on any atom is -0.381 e. The van der Waals surface area contributed by atoms with Gasteiger partial charge in [-0.1, -0.05) is 30.3 Å². The van der Waals surface area contributed by atoms with E-state index in [2.05, 4.69) is 12.1 Å². The Morgan fingerprint density at radius 1 is 1.23 bits per heavy atom. The van der Waals surface area contributed by atoms with E-state index in [0.29, 0.717) is 26.3 Å². The van der Waals surface area contributed by atoms with Crippen LogP contribution >= 0.6 is 0 Å². The fraction of sp³-hybridized carbons (Fsp3) is 0.529. The van der Waals surface area contributed by atoms with Gasteiger partial charge in [-0.25, -0.2) is 0 Å². The topological polar surface area (TPSA) is 49.9 Å². The van der Waals surface area contributed by atoms with Gasteiger partial charge in [0.25, 0.3) is 0 Å². The van der Waals surface area contributed by atoms with Crippen molar-refractivity contribution in [3.05, 3.63) is 35.9 Å². The van der Waals surface area contributed by atoms with Gasteiger partial charge in [0.2, 0.25) is 11.8 Å². The third-order valence-corrected chi connectivity index (χ3v) is 4.42. The summed E-state index contributed by atoms with van der Waals surface area (Å²) in [5.74, 6) is 0.0756. The molecular formula is C17H22N2O3. The van der Waals surface area contributed by atoms with E-state index in [9.17, 15) is 9.59 Å². The lowest BCUT2D eigenvalue weighted by molar-refractivity contribution is -0.147. The Hall–Kier alpha value is -1.88. The largest absolute Gasteiger partial charge is 0.381 e. The van der Waals surface area contributed by atoms with E-state index in [1.54, 1.807) is 4.90 Å². The van der Waals surface area contributed by atoms with Crippen LogP contribution in [-0.2, 0) is 20.7 Å². The predicted octanol–water partition coefficient (Wildman–Crippen LogP) is 0.936. The minimum absolute atomic E-state index is 0.0504. The van der Waals surface area contributed by atoms with Crippen LogP contribution in [0.4, 0.5) is 0 Å². The van der Waals surface area contributed by atoms with Crippen LogP contribution in [-0.4, -0.2) is 61.0 Å². The second-order valence-electron chi connectivity index (χ2n) is 5.94. The van der Waals surface area contributed by atoms with Gasteiger partial charge in [-0.15, -0.1) is 0 Å². The summed E-state index contributed by atoms with van der Waals surface area (Å²) < 4.78 is 5.26. The molecular weight excluding hydrogens is 280 g/mol. The Kier molecular flexibility index (Phi) is 4.73. The van der Waals surface area contributed by atoms with Gasteiger partial charge in [-0.2, -0.15) is 0 Å². The van der Waals surface area contributed by atoms with Gasteiger partial charge in [0.1, 0.15) is 0 Å². The molecule has 0 aliphatic carbocycles.